The highest BCUT2D eigenvalue weighted by atomic mass is 16.6. The molecule has 0 N–H and O–H groups in total. The monoisotopic (exact) mass is 413 g/mol. The molecule has 0 spiro atoms. The van der Waals surface area contributed by atoms with Gasteiger partial charge in [0, 0.05) is 5.56 Å². The molecule has 31 heavy (non-hydrogen) atoms. The van der Waals surface area contributed by atoms with E-state index in [0.717, 1.165) is 16.7 Å². The van der Waals surface area contributed by atoms with E-state index in [4.69, 9.17) is 14.2 Å². The summed E-state index contributed by atoms with van der Waals surface area (Å²) in [6, 6.07) is 22.3. The maximum absolute atomic E-state index is 12.3. The first kappa shape index (κ1) is 21.7. The van der Waals surface area contributed by atoms with E-state index in [1.165, 1.54) is 0 Å². The third kappa shape index (κ3) is 5.52. The SMILES string of the molecule is COc1ccccc1/C(C#N)=C\c1cccc(OC(=O)COc2c(C)cccc2C)c1. The normalized spacial score (nSPS) is 10.8. The van der Waals surface area contributed by atoms with Crippen LogP contribution < -0.4 is 14.2 Å². The molecule has 0 saturated heterocycles. The molecule has 0 heterocycles. The molecule has 0 bridgehead atoms. The number of hydrogen-bond donors (Lipinski definition) is 0. The lowest BCUT2D eigenvalue weighted by Gasteiger charge is -2.11. The van der Waals surface area contributed by atoms with Gasteiger partial charge in [-0.2, -0.15) is 5.26 Å². The minimum Gasteiger partial charge on any atom is -0.496 e. The van der Waals surface area contributed by atoms with E-state index in [0.29, 0.717) is 28.4 Å². The van der Waals surface area contributed by atoms with Crippen molar-refractivity contribution in [3.63, 3.8) is 0 Å². The largest absolute Gasteiger partial charge is 0.496 e. The molecule has 0 fully saturated rings. The lowest BCUT2D eigenvalue weighted by molar-refractivity contribution is -0.136. The fourth-order valence-electron chi connectivity index (χ4n) is 3.19. The maximum atomic E-state index is 12.3. The predicted molar refractivity (Wildman–Crippen MR) is 120 cm³/mol. The van der Waals surface area contributed by atoms with Crippen LogP contribution in [0.25, 0.3) is 11.6 Å². The molecule has 5 heteroatoms. The van der Waals surface area contributed by atoms with Gasteiger partial charge in [0.1, 0.15) is 17.2 Å². The van der Waals surface area contributed by atoms with Crippen LogP contribution in [0.3, 0.4) is 0 Å². The van der Waals surface area contributed by atoms with E-state index in [1.54, 1.807) is 37.5 Å². The van der Waals surface area contributed by atoms with Crippen LogP contribution in [0.1, 0.15) is 22.3 Å². The Kier molecular flexibility index (Phi) is 7.08. The van der Waals surface area contributed by atoms with Crippen LogP contribution in [0.2, 0.25) is 0 Å². The lowest BCUT2D eigenvalue weighted by atomic mass is 10.0. The summed E-state index contributed by atoms with van der Waals surface area (Å²) in [6.45, 7) is 3.66. The van der Waals surface area contributed by atoms with E-state index in [1.807, 2.05) is 56.3 Å². The number of benzene rings is 3. The second-order valence-corrected chi connectivity index (χ2v) is 6.93. The highest BCUT2D eigenvalue weighted by molar-refractivity contribution is 5.91. The Balaban J connectivity index is 1.73. The van der Waals surface area contributed by atoms with Gasteiger partial charge in [-0.3, -0.25) is 0 Å². The summed E-state index contributed by atoms with van der Waals surface area (Å²) in [7, 11) is 1.56. The molecule has 0 unspecified atom stereocenters. The van der Waals surface area contributed by atoms with Crippen molar-refractivity contribution >= 4 is 17.6 Å². The number of carbonyl (C=O) groups is 1. The highest BCUT2D eigenvalue weighted by Crippen LogP contribution is 2.28. The van der Waals surface area contributed by atoms with Crippen LogP contribution in [0.5, 0.6) is 17.2 Å². The van der Waals surface area contributed by atoms with Crippen LogP contribution in [0, 0.1) is 25.2 Å². The Bertz CT molecular complexity index is 1140. The molecule has 3 aromatic rings. The molecule has 3 aromatic carbocycles. The first-order chi connectivity index (χ1) is 15.0. The fourth-order valence-corrected chi connectivity index (χ4v) is 3.19. The summed E-state index contributed by atoms with van der Waals surface area (Å²) >= 11 is 0. The Morgan fingerprint density at radius 2 is 1.71 bits per heavy atom. The molecule has 0 aliphatic rings. The zero-order valence-corrected chi connectivity index (χ0v) is 17.7. The van der Waals surface area contributed by atoms with Gasteiger partial charge in [-0.1, -0.05) is 42.5 Å². The van der Waals surface area contributed by atoms with Crippen LogP contribution in [0.15, 0.2) is 66.7 Å². The third-order valence-electron chi connectivity index (χ3n) is 4.66. The Morgan fingerprint density at radius 1 is 1.00 bits per heavy atom. The molecule has 0 radical (unpaired) electrons. The van der Waals surface area contributed by atoms with Crippen molar-refractivity contribution in [2.45, 2.75) is 13.8 Å². The number of para-hydroxylation sites is 2. The van der Waals surface area contributed by atoms with Crippen LogP contribution >= 0.6 is 0 Å². The molecule has 0 amide bonds. The van der Waals surface area contributed by atoms with E-state index < -0.39 is 5.97 Å². The van der Waals surface area contributed by atoms with Crippen LogP contribution in [-0.2, 0) is 4.79 Å². The van der Waals surface area contributed by atoms with Crippen LogP contribution in [-0.4, -0.2) is 19.7 Å². The summed E-state index contributed by atoms with van der Waals surface area (Å²) < 4.78 is 16.4. The van der Waals surface area contributed by atoms with Gasteiger partial charge in [0.15, 0.2) is 6.61 Å². The number of allylic oxidation sites excluding steroid dienone is 1. The van der Waals surface area contributed by atoms with E-state index in [-0.39, 0.29) is 6.61 Å². The molecule has 0 aromatic heterocycles. The van der Waals surface area contributed by atoms with Crippen molar-refractivity contribution in [3.05, 3.63) is 89.0 Å². The average molecular weight is 413 g/mol. The molecular formula is C26H23NO4. The zero-order chi connectivity index (χ0) is 22.2. The first-order valence-corrected chi connectivity index (χ1v) is 9.76. The average Bonchev–Trinajstić information content (AvgIpc) is 2.77. The second kappa shape index (κ2) is 10.1. The van der Waals surface area contributed by atoms with Gasteiger partial charge in [0.25, 0.3) is 0 Å². The lowest BCUT2D eigenvalue weighted by Crippen LogP contribution is -2.18. The van der Waals surface area contributed by atoms with Crippen molar-refractivity contribution in [1.82, 2.24) is 0 Å². The van der Waals surface area contributed by atoms with E-state index >= 15 is 0 Å². The number of rotatable bonds is 7. The molecule has 156 valence electrons. The van der Waals surface area contributed by atoms with E-state index in [2.05, 4.69) is 6.07 Å². The summed E-state index contributed by atoms with van der Waals surface area (Å²) in [5.74, 6) is 1.17. The number of nitrogens with zero attached hydrogens (tertiary/aromatic N) is 1. The summed E-state index contributed by atoms with van der Waals surface area (Å²) in [4.78, 5) is 12.3. The molecule has 0 aliphatic heterocycles. The Labute approximate surface area is 182 Å². The maximum Gasteiger partial charge on any atom is 0.349 e. The van der Waals surface area contributed by atoms with Gasteiger partial charge in [0.2, 0.25) is 0 Å². The van der Waals surface area contributed by atoms with Gasteiger partial charge in [-0.05, 0) is 60.9 Å². The predicted octanol–water partition coefficient (Wildman–Crippen LogP) is 5.36. The smallest absolute Gasteiger partial charge is 0.349 e. The van der Waals surface area contributed by atoms with Gasteiger partial charge in [0.05, 0.1) is 18.8 Å². The highest BCUT2D eigenvalue weighted by Gasteiger charge is 2.11. The summed E-state index contributed by atoms with van der Waals surface area (Å²) in [5.41, 5.74) is 3.78. The quantitative estimate of drug-likeness (QED) is 0.226. The number of ether oxygens (including phenoxy) is 3. The molecule has 0 atom stereocenters. The Hall–Kier alpha value is -4.04. The molecular weight excluding hydrogens is 390 g/mol. The number of nitriles is 1. The van der Waals surface area contributed by atoms with E-state index in [9.17, 15) is 10.1 Å². The second-order valence-electron chi connectivity index (χ2n) is 6.93. The minimum absolute atomic E-state index is 0.198. The van der Waals surface area contributed by atoms with Crippen molar-refractivity contribution in [2.75, 3.05) is 13.7 Å². The molecule has 0 aliphatic carbocycles. The number of aryl methyl sites for hydroxylation is 2. The van der Waals surface area contributed by atoms with Crippen molar-refractivity contribution in [3.8, 4) is 23.3 Å². The third-order valence-corrected chi connectivity index (χ3v) is 4.66. The topological polar surface area (TPSA) is 68.5 Å². The standard InChI is InChI=1S/C26H23NO4/c1-18-8-6-9-19(2)26(18)30-17-25(28)31-22-11-7-10-20(15-22)14-21(16-27)23-12-4-5-13-24(23)29-3/h4-15H,17H2,1-3H3/b21-14-. The molecule has 3 rings (SSSR count). The van der Waals surface area contributed by atoms with Crippen molar-refractivity contribution in [2.24, 2.45) is 0 Å². The van der Waals surface area contributed by atoms with Crippen molar-refractivity contribution in [1.29, 1.82) is 5.26 Å². The fraction of sp³-hybridized carbons (Fsp3) is 0.154. The number of methoxy groups -OCH3 is 1. The summed E-state index contributed by atoms with van der Waals surface area (Å²) in [6.07, 6.45) is 1.72. The van der Waals surface area contributed by atoms with Gasteiger partial charge >= 0.3 is 5.97 Å². The number of hydrogen-bond acceptors (Lipinski definition) is 5. The van der Waals surface area contributed by atoms with Gasteiger partial charge in [-0.25, -0.2) is 4.79 Å². The Morgan fingerprint density at radius 3 is 2.42 bits per heavy atom. The van der Waals surface area contributed by atoms with Gasteiger partial charge in [-0.15, -0.1) is 0 Å². The van der Waals surface area contributed by atoms with Crippen LogP contribution in [0.4, 0.5) is 0 Å². The minimum atomic E-state index is -0.506. The van der Waals surface area contributed by atoms with Gasteiger partial charge < -0.3 is 14.2 Å². The molecule has 5 nitrogen and oxygen atoms in total. The number of esters is 1. The first-order valence-electron chi connectivity index (χ1n) is 9.76. The summed E-state index contributed by atoms with van der Waals surface area (Å²) in [5, 5.41) is 9.62. The van der Waals surface area contributed by atoms with Crippen molar-refractivity contribution < 1.29 is 19.0 Å². The molecule has 0 saturated carbocycles. The number of carbonyl (C=O) groups excluding carboxylic acids is 1. The zero-order valence-electron chi connectivity index (χ0n) is 17.7.